The smallest absolute Gasteiger partial charge is 0.257 e. The van der Waals surface area contributed by atoms with E-state index in [1.54, 1.807) is 25.1 Å². The Morgan fingerprint density at radius 2 is 1.97 bits per heavy atom. The van der Waals surface area contributed by atoms with Gasteiger partial charge in [0, 0.05) is 13.2 Å². The molecule has 2 aliphatic heterocycles. The SMILES string of the molecule is Cc1ncncc1C(=O)N(C)[C@@H]1CC[C@@]2(C)C[C@H](c3ccccc3)C[C@](C)(O2)[C@H]1O. The number of ether oxygens (including phenoxy) is 1. The second-order valence-electron chi connectivity index (χ2n) is 9.37. The standard InChI is InChI=1S/C24H31N3O3/c1-16-19(14-25-15-26-16)22(29)27(4)20-10-11-23(2)12-18(17-8-6-5-7-9-17)13-24(3,30-23)21(20)28/h5-9,14-15,18,20-21,28H,10-13H2,1-4H3/t18-,20+,21-,23-,24-/m0/s1. The average Bonchev–Trinajstić information content (AvgIpc) is 2.79. The van der Waals surface area contributed by atoms with E-state index in [0.29, 0.717) is 23.6 Å². The van der Waals surface area contributed by atoms with Crippen molar-refractivity contribution in [3.05, 3.63) is 59.7 Å². The predicted octanol–water partition coefficient (Wildman–Crippen LogP) is 3.49. The van der Waals surface area contributed by atoms with Gasteiger partial charge in [-0.1, -0.05) is 30.3 Å². The Hall–Kier alpha value is -2.31. The van der Waals surface area contributed by atoms with Crippen molar-refractivity contribution in [2.24, 2.45) is 0 Å². The quantitative estimate of drug-likeness (QED) is 0.840. The number of aryl methyl sites for hydroxylation is 1. The molecule has 0 aliphatic carbocycles. The molecule has 0 radical (unpaired) electrons. The van der Waals surface area contributed by atoms with Crippen LogP contribution in [0, 0.1) is 6.92 Å². The second-order valence-corrected chi connectivity index (χ2v) is 9.37. The van der Waals surface area contributed by atoms with Gasteiger partial charge >= 0.3 is 0 Å². The van der Waals surface area contributed by atoms with Crippen LogP contribution in [0.3, 0.4) is 0 Å². The molecule has 1 amide bonds. The van der Waals surface area contributed by atoms with Crippen molar-refractivity contribution in [3.8, 4) is 0 Å². The summed E-state index contributed by atoms with van der Waals surface area (Å²) in [6.45, 7) is 5.94. The minimum Gasteiger partial charge on any atom is -0.388 e. The van der Waals surface area contributed by atoms with Crippen LogP contribution < -0.4 is 0 Å². The summed E-state index contributed by atoms with van der Waals surface area (Å²) < 4.78 is 6.56. The Bertz CT molecular complexity index is 921. The summed E-state index contributed by atoms with van der Waals surface area (Å²) in [4.78, 5) is 23.0. The lowest BCUT2D eigenvalue weighted by Gasteiger charge is -2.49. The molecule has 4 rings (SSSR count). The number of benzene rings is 1. The van der Waals surface area contributed by atoms with Gasteiger partial charge in [-0.05, 0) is 57.9 Å². The molecule has 160 valence electrons. The molecule has 6 nitrogen and oxygen atoms in total. The molecule has 30 heavy (non-hydrogen) atoms. The third-order valence-corrected chi connectivity index (χ3v) is 7.00. The molecule has 0 saturated carbocycles. The molecule has 6 heteroatoms. The zero-order valence-electron chi connectivity index (χ0n) is 18.2. The summed E-state index contributed by atoms with van der Waals surface area (Å²) in [6.07, 6.45) is 5.31. The highest BCUT2D eigenvalue weighted by Crippen LogP contribution is 2.50. The average molecular weight is 410 g/mol. The number of carbonyl (C=O) groups excluding carboxylic acids is 1. The van der Waals surface area contributed by atoms with Crippen molar-refractivity contribution >= 4 is 5.91 Å². The van der Waals surface area contributed by atoms with Gasteiger partial charge in [0.05, 0.1) is 28.5 Å². The maximum atomic E-state index is 13.2. The van der Waals surface area contributed by atoms with Gasteiger partial charge in [-0.2, -0.15) is 0 Å². The van der Waals surface area contributed by atoms with Gasteiger partial charge in [0.1, 0.15) is 12.4 Å². The number of likely N-dealkylation sites (N-methyl/N-ethyl adjacent to an activating group) is 1. The first kappa shape index (κ1) is 20.9. The van der Waals surface area contributed by atoms with Crippen molar-refractivity contribution in [1.29, 1.82) is 0 Å². The first-order chi connectivity index (χ1) is 14.2. The lowest BCUT2D eigenvalue weighted by atomic mass is 9.74. The molecule has 1 aromatic carbocycles. The van der Waals surface area contributed by atoms with Crippen LogP contribution in [0.4, 0.5) is 0 Å². The van der Waals surface area contributed by atoms with Crippen LogP contribution in [-0.4, -0.2) is 56.3 Å². The third kappa shape index (κ3) is 3.74. The van der Waals surface area contributed by atoms with Crippen LogP contribution in [0.15, 0.2) is 42.9 Å². The maximum absolute atomic E-state index is 13.2. The van der Waals surface area contributed by atoms with Gasteiger partial charge in [-0.15, -0.1) is 0 Å². The van der Waals surface area contributed by atoms with E-state index in [9.17, 15) is 9.90 Å². The van der Waals surface area contributed by atoms with Crippen molar-refractivity contribution < 1.29 is 14.6 Å². The highest BCUT2D eigenvalue weighted by Gasteiger charge is 2.54. The number of nitrogens with zero attached hydrogens (tertiary/aromatic N) is 3. The van der Waals surface area contributed by atoms with E-state index in [0.717, 1.165) is 19.3 Å². The summed E-state index contributed by atoms with van der Waals surface area (Å²) in [5, 5.41) is 11.5. The monoisotopic (exact) mass is 409 g/mol. The Morgan fingerprint density at radius 1 is 1.23 bits per heavy atom. The molecule has 1 N–H and O–H groups in total. The first-order valence-corrected chi connectivity index (χ1v) is 10.7. The third-order valence-electron chi connectivity index (χ3n) is 7.00. The van der Waals surface area contributed by atoms with Gasteiger partial charge in [0.25, 0.3) is 5.91 Å². The van der Waals surface area contributed by atoms with Crippen molar-refractivity contribution in [3.63, 3.8) is 0 Å². The van der Waals surface area contributed by atoms with Gasteiger partial charge in [0.15, 0.2) is 0 Å². The van der Waals surface area contributed by atoms with Crippen molar-refractivity contribution in [2.45, 2.75) is 75.7 Å². The Labute approximate surface area is 178 Å². The number of aliphatic hydroxyl groups is 1. The number of aliphatic hydroxyl groups excluding tert-OH is 1. The van der Waals surface area contributed by atoms with Crippen LogP contribution in [-0.2, 0) is 4.74 Å². The number of hydrogen-bond acceptors (Lipinski definition) is 5. The molecule has 5 atom stereocenters. The molecule has 2 aliphatic rings. The van der Waals surface area contributed by atoms with Gasteiger partial charge in [-0.3, -0.25) is 4.79 Å². The molecule has 0 unspecified atom stereocenters. The lowest BCUT2D eigenvalue weighted by molar-refractivity contribution is -0.214. The number of amides is 1. The minimum atomic E-state index is -0.787. The van der Waals surface area contributed by atoms with Crippen LogP contribution in [0.25, 0.3) is 0 Å². The summed E-state index contributed by atoms with van der Waals surface area (Å²) in [7, 11) is 1.76. The Balaban J connectivity index is 1.63. The van der Waals surface area contributed by atoms with Crippen LogP contribution >= 0.6 is 0 Å². The molecule has 2 fully saturated rings. The minimum absolute atomic E-state index is 0.165. The topological polar surface area (TPSA) is 75.6 Å². The van der Waals surface area contributed by atoms with Crippen LogP contribution in [0.2, 0.25) is 0 Å². The van der Waals surface area contributed by atoms with Crippen LogP contribution in [0.5, 0.6) is 0 Å². The molecule has 2 bridgehead atoms. The first-order valence-electron chi connectivity index (χ1n) is 10.7. The van der Waals surface area contributed by atoms with E-state index in [1.807, 2.05) is 13.0 Å². The normalized spacial score (nSPS) is 33.6. The molecule has 0 spiro atoms. The second kappa shape index (κ2) is 7.75. The maximum Gasteiger partial charge on any atom is 0.257 e. The van der Waals surface area contributed by atoms with E-state index in [-0.39, 0.29) is 17.6 Å². The van der Waals surface area contributed by atoms with Gasteiger partial charge < -0.3 is 14.7 Å². The van der Waals surface area contributed by atoms with Gasteiger partial charge in [-0.25, -0.2) is 9.97 Å². The molecular weight excluding hydrogens is 378 g/mol. The molecule has 2 aromatic rings. The van der Waals surface area contributed by atoms with E-state index >= 15 is 0 Å². The number of fused-ring (bicyclic) bond motifs is 2. The highest BCUT2D eigenvalue weighted by atomic mass is 16.5. The Kier molecular flexibility index (Phi) is 5.41. The van der Waals surface area contributed by atoms with E-state index in [1.165, 1.54) is 11.9 Å². The number of carbonyl (C=O) groups is 1. The summed E-state index contributed by atoms with van der Waals surface area (Å²) in [5.74, 6) is 0.149. The number of aromatic nitrogens is 2. The number of rotatable bonds is 3. The summed E-state index contributed by atoms with van der Waals surface area (Å²) in [5.41, 5.74) is 1.33. The molecule has 3 heterocycles. The molecule has 1 aromatic heterocycles. The van der Waals surface area contributed by atoms with E-state index in [4.69, 9.17) is 4.74 Å². The van der Waals surface area contributed by atoms with E-state index in [2.05, 4.69) is 41.2 Å². The zero-order valence-corrected chi connectivity index (χ0v) is 18.2. The largest absolute Gasteiger partial charge is 0.388 e. The van der Waals surface area contributed by atoms with Crippen LogP contribution in [0.1, 0.15) is 67.1 Å². The lowest BCUT2D eigenvalue weighted by Crippen LogP contribution is -2.57. The fourth-order valence-electron chi connectivity index (χ4n) is 5.39. The fraction of sp³-hybridized carbons (Fsp3) is 0.542. The van der Waals surface area contributed by atoms with E-state index < -0.39 is 11.7 Å². The Morgan fingerprint density at radius 3 is 2.67 bits per heavy atom. The predicted molar refractivity (Wildman–Crippen MR) is 114 cm³/mol. The highest BCUT2D eigenvalue weighted by molar-refractivity contribution is 5.95. The van der Waals surface area contributed by atoms with Crippen molar-refractivity contribution in [2.75, 3.05) is 7.05 Å². The molecular formula is C24H31N3O3. The summed E-state index contributed by atoms with van der Waals surface area (Å²) >= 11 is 0. The van der Waals surface area contributed by atoms with Gasteiger partial charge in [0.2, 0.25) is 0 Å². The summed E-state index contributed by atoms with van der Waals surface area (Å²) in [6, 6.07) is 10.1. The van der Waals surface area contributed by atoms with Crippen molar-refractivity contribution in [1.82, 2.24) is 14.9 Å². The molecule has 2 saturated heterocycles. The fourth-order valence-corrected chi connectivity index (χ4v) is 5.39. The number of hydrogen-bond donors (Lipinski definition) is 1. The zero-order chi connectivity index (χ0) is 21.5.